The number of nitro benzene ring substituents is 2. The summed E-state index contributed by atoms with van der Waals surface area (Å²) in [4.78, 5) is 33.0. The lowest BCUT2D eigenvalue weighted by Gasteiger charge is -2.08. The molecule has 2 aromatic carbocycles. The lowest BCUT2D eigenvalue weighted by atomic mass is 10.1. The van der Waals surface area contributed by atoms with E-state index in [4.69, 9.17) is 4.74 Å². The minimum Gasteiger partial charge on any atom is -0.490 e. The van der Waals surface area contributed by atoms with Gasteiger partial charge in [0.05, 0.1) is 17.0 Å². The zero-order chi connectivity index (χ0) is 17.9. The van der Waals surface area contributed by atoms with E-state index in [1.807, 2.05) is 0 Å². The number of hydrogen-bond donors (Lipinski definition) is 1. The topological polar surface area (TPSA) is 125 Å². The molecule has 0 fully saturated rings. The van der Waals surface area contributed by atoms with Gasteiger partial charge in [0.15, 0.2) is 5.75 Å². The minimum atomic E-state index is -0.701. The van der Waals surface area contributed by atoms with Crippen LogP contribution < -0.4 is 10.1 Å². The average molecular weight is 331 g/mol. The number of anilines is 1. The number of nitro groups is 2. The van der Waals surface area contributed by atoms with E-state index in [2.05, 4.69) is 5.32 Å². The van der Waals surface area contributed by atoms with Crippen molar-refractivity contribution < 1.29 is 19.4 Å². The molecule has 0 radical (unpaired) electrons. The van der Waals surface area contributed by atoms with Gasteiger partial charge in [-0.1, -0.05) is 6.07 Å². The highest BCUT2D eigenvalue weighted by atomic mass is 16.6. The summed E-state index contributed by atoms with van der Waals surface area (Å²) < 4.78 is 4.86. The van der Waals surface area contributed by atoms with E-state index in [1.165, 1.54) is 31.4 Å². The molecule has 0 aliphatic rings. The molecule has 9 heteroatoms. The number of aryl methyl sites for hydroxylation is 1. The molecular weight excluding hydrogens is 318 g/mol. The molecule has 0 saturated heterocycles. The Balaban J connectivity index is 2.36. The zero-order valence-electron chi connectivity index (χ0n) is 12.8. The molecule has 124 valence electrons. The molecule has 0 aliphatic carbocycles. The summed E-state index contributed by atoms with van der Waals surface area (Å²) in [5, 5.41) is 24.5. The minimum absolute atomic E-state index is 0.00840. The van der Waals surface area contributed by atoms with E-state index in [-0.39, 0.29) is 28.4 Å². The summed E-state index contributed by atoms with van der Waals surface area (Å²) in [6.07, 6.45) is 0. The van der Waals surface area contributed by atoms with Gasteiger partial charge in [0.25, 0.3) is 11.6 Å². The first kappa shape index (κ1) is 16.9. The van der Waals surface area contributed by atoms with Crippen LogP contribution >= 0.6 is 0 Å². The van der Waals surface area contributed by atoms with E-state index in [1.54, 1.807) is 13.0 Å². The van der Waals surface area contributed by atoms with Crippen molar-refractivity contribution in [3.05, 3.63) is 67.8 Å². The first-order chi connectivity index (χ1) is 11.3. The maximum Gasteiger partial charge on any atom is 0.311 e. The van der Waals surface area contributed by atoms with Gasteiger partial charge in [-0.25, -0.2) is 0 Å². The lowest BCUT2D eigenvalue weighted by Crippen LogP contribution is -2.13. The standard InChI is InChI=1S/C15H13N3O6/c1-9-3-5-11(12(7-9)17(20)21)16-15(19)10-4-6-14(24-2)13(8-10)18(22)23/h3-8H,1-2H3,(H,16,19). The summed E-state index contributed by atoms with van der Waals surface area (Å²) in [7, 11) is 1.28. The molecule has 0 unspecified atom stereocenters. The smallest absolute Gasteiger partial charge is 0.311 e. The fourth-order valence-corrected chi connectivity index (χ4v) is 2.07. The Labute approximate surface area is 136 Å². The highest BCUT2D eigenvalue weighted by molar-refractivity contribution is 6.06. The predicted octanol–water partition coefficient (Wildman–Crippen LogP) is 3.07. The number of carbonyl (C=O) groups is 1. The molecule has 0 aliphatic heterocycles. The molecule has 0 aromatic heterocycles. The number of nitrogens with one attached hydrogen (secondary N) is 1. The van der Waals surface area contributed by atoms with Crippen LogP contribution in [0, 0.1) is 27.2 Å². The Hall–Kier alpha value is -3.49. The molecule has 2 aromatic rings. The lowest BCUT2D eigenvalue weighted by molar-refractivity contribution is -0.385. The summed E-state index contributed by atoms with van der Waals surface area (Å²) in [6, 6.07) is 8.01. The normalized spacial score (nSPS) is 10.1. The van der Waals surface area contributed by atoms with E-state index in [0.717, 1.165) is 6.07 Å². The molecule has 0 heterocycles. The highest BCUT2D eigenvalue weighted by Gasteiger charge is 2.20. The predicted molar refractivity (Wildman–Crippen MR) is 85.4 cm³/mol. The Kier molecular flexibility index (Phi) is 4.73. The second kappa shape index (κ2) is 6.73. The van der Waals surface area contributed by atoms with Crippen LogP contribution in [-0.4, -0.2) is 22.9 Å². The second-order valence-electron chi connectivity index (χ2n) is 4.88. The van der Waals surface area contributed by atoms with Crippen LogP contribution in [0.15, 0.2) is 36.4 Å². The van der Waals surface area contributed by atoms with Crippen molar-refractivity contribution in [3.8, 4) is 5.75 Å². The third-order valence-corrected chi connectivity index (χ3v) is 3.24. The molecule has 2 rings (SSSR count). The molecule has 0 saturated carbocycles. The number of amides is 1. The maximum atomic E-state index is 12.3. The third kappa shape index (κ3) is 3.46. The summed E-state index contributed by atoms with van der Waals surface area (Å²) in [5.74, 6) is -0.689. The van der Waals surface area contributed by atoms with Crippen LogP contribution in [0.1, 0.15) is 15.9 Å². The molecule has 9 nitrogen and oxygen atoms in total. The van der Waals surface area contributed by atoms with Gasteiger partial charge in [0.2, 0.25) is 0 Å². The van der Waals surface area contributed by atoms with Gasteiger partial charge in [-0.2, -0.15) is 0 Å². The van der Waals surface area contributed by atoms with Crippen LogP contribution in [0.2, 0.25) is 0 Å². The van der Waals surface area contributed by atoms with Crippen molar-refractivity contribution >= 4 is 23.0 Å². The third-order valence-electron chi connectivity index (χ3n) is 3.24. The van der Waals surface area contributed by atoms with Crippen molar-refractivity contribution in [3.63, 3.8) is 0 Å². The second-order valence-corrected chi connectivity index (χ2v) is 4.88. The van der Waals surface area contributed by atoms with E-state index in [9.17, 15) is 25.0 Å². The fourth-order valence-electron chi connectivity index (χ4n) is 2.07. The Bertz CT molecular complexity index is 834. The van der Waals surface area contributed by atoms with Gasteiger partial charge in [-0.15, -0.1) is 0 Å². The number of carbonyl (C=O) groups excluding carboxylic acids is 1. The van der Waals surface area contributed by atoms with Crippen LogP contribution in [-0.2, 0) is 0 Å². The van der Waals surface area contributed by atoms with Crippen molar-refractivity contribution in [1.29, 1.82) is 0 Å². The van der Waals surface area contributed by atoms with Gasteiger partial charge in [0.1, 0.15) is 5.69 Å². The van der Waals surface area contributed by atoms with Gasteiger partial charge in [0, 0.05) is 17.7 Å². The molecule has 24 heavy (non-hydrogen) atoms. The number of ether oxygens (including phenoxy) is 1. The van der Waals surface area contributed by atoms with Gasteiger partial charge < -0.3 is 10.1 Å². The van der Waals surface area contributed by atoms with Crippen molar-refractivity contribution in [2.75, 3.05) is 12.4 Å². The van der Waals surface area contributed by atoms with Crippen LogP contribution in [0.5, 0.6) is 5.75 Å². The number of hydrogen-bond acceptors (Lipinski definition) is 6. The molecule has 1 N–H and O–H groups in total. The average Bonchev–Trinajstić information content (AvgIpc) is 2.55. The molecule has 0 atom stereocenters. The SMILES string of the molecule is COc1ccc(C(=O)Nc2ccc(C)cc2[N+](=O)[O-])cc1[N+](=O)[O-]. The first-order valence-electron chi connectivity index (χ1n) is 6.72. The fraction of sp³-hybridized carbons (Fsp3) is 0.133. The Morgan fingerprint density at radius 3 is 2.29 bits per heavy atom. The van der Waals surface area contributed by atoms with E-state index >= 15 is 0 Å². The Morgan fingerprint density at radius 1 is 1.04 bits per heavy atom. The maximum absolute atomic E-state index is 12.3. The van der Waals surface area contributed by atoms with Crippen molar-refractivity contribution in [1.82, 2.24) is 0 Å². The van der Waals surface area contributed by atoms with Gasteiger partial charge >= 0.3 is 5.69 Å². The number of methoxy groups -OCH3 is 1. The molecular formula is C15H13N3O6. The monoisotopic (exact) mass is 331 g/mol. The van der Waals surface area contributed by atoms with Crippen molar-refractivity contribution in [2.24, 2.45) is 0 Å². The molecule has 0 spiro atoms. The van der Waals surface area contributed by atoms with E-state index < -0.39 is 15.8 Å². The number of rotatable bonds is 5. The zero-order valence-corrected chi connectivity index (χ0v) is 12.8. The summed E-state index contributed by atoms with van der Waals surface area (Å²) in [6.45, 7) is 1.69. The van der Waals surface area contributed by atoms with Gasteiger partial charge in [-0.05, 0) is 30.7 Å². The van der Waals surface area contributed by atoms with Crippen LogP contribution in [0.3, 0.4) is 0 Å². The van der Waals surface area contributed by atoms with Gasteiger partial charge in [-0.3, -0.25) is 25.0 Å². The quantitative estimate of drug-likeness (QED) is 0.663. The molecule has 1 amide bonds. The van der Waals surface area contributed by atoms with E-state index in [0.29, 0.717) is 5.56 Å². The molecule has 0 bridgehead atoms. The summed E-state index contributed by atoms with van der Waals surface area (Å²) >= 11 is 0. The van der Waals surface area contributed by atoms with Crippen LogP contribution in [0.4, 0.5) is 17.1 Å². The highest BCUT2D eigenvalue weighted by Crippen LogP contribution is 2.29. The largest absolute Gasteiger partial charge is 0.490 e. The number of benzene rings is 2. The van der Waals surface area contributed by atoms with Crippen LogP contribution in [0.25, 0.3) is 0 Å². The first-order valence-corrected chi connectivity index (χ1v) is 6.72. The Morgan fingerprint density at radius 2 is 1.71 bits per heavy atom. The summed E-state index contributed by atoms with van der Waals surface area (Å²) in [5.41, 5.74) is 0.0288. The number of nitrogens with zero attached hydrogens (tertiary/aromatic N) is 2. The van der Waals surface area contributed by atoms with Crippen molar-refractivity contribution in [2.45, 2.75) is 6.92 Å².